The normalized spacial score (nSPS) is 11.0. The van der Waals surface area contributed by atoms with E-state index in [0.29, 0.717) is 5.01 Å². The van der Waals surface area contributed by atoms with E-state index in [-0.39, 0.29) is 5.71 Å². The number of hydrogen-bond donors (Lipinski definition) is 1. The average molecular weight is 413 g/mol. The molecule has 7 heteroatoms. The fourth-order valence-corrected chi connectivity index (χ4v) is 3.23. The fraction of sp³-hybridized carbons (Fsp3) is 0.0556. The Hall–Kier alpha value is -2.69. The molecule has 0 spiro atoms. The van der Waals surface area contributed by atoms with Crippen molar-refractivity contribution in [1.82, 2.24) is 4.98 Å². The van der Waals surface area contributed by atoms with E-state index in [1.165, 1.54) is 11.3 Å². The van der Waals surface area contributed by atoms with Crippen molar-refractivity contribution in [3.05, 3.63) is 63.4 Å². The summed E-state index contributed by atoms with van der Waals surface area (Å²) < 4.78 is 6.09. The molecule has 3 rings (SSSR count). The number of hydrazone groups is 1. The molecule has 0 unspecified atom stereocenters. The van der Waals surface area contributed by atoms with Crippen LogP contribution in [0.5, 0.6) is 5.75 Å². The van der Waals surface area contributed by atoms with Crippen molar-refractivity contribution >= 4 is 38.7 Å². The molecule has 5 nitrogen and oxygen atoms in total. The number of aromatic nitrogens is 1. The van der Waals surface area contributed by atoms with Crippen LogP contribution < -0.4 is 10.2 Å². The first-order valence-electron chi connectivity index (χ1n) is 7.29. The molecule has 0 saturated carbocycles. The number of nitrogens with one attached hydrogen (secondary N) is 1. The molecule has 0 aliphatic heterocycles. The lowest BCUT2D eigenvalue weighted by molar-refractivity contribution is 0.415. The van der Waals surface area contributed by atoms with Crippen LogP contribution in [-0.4, -0.2) is 17.8 Å². The van der Waals surface area contributed by atoms with Gasteiger partial charge in [0, 0.05) is 15.4 Å². The summed E-state index contributed by atoms with van der Waals surface area (Å²) in [6, 6.07) is 17.2. The topological polar surface area (TPSA) is 70.3 Å². The number of hydrogen-bond acceptors (Lipinski definition) is 6. The van der Waals surface area contributed by atoms with Gasteiger partial charge in [-0.2, -0.15) is 10.4 Å². The summed E-state index contributed by atoms with van der Waals surface area (Å²) in [5, 5.41) is 16.0. The van der Waals surface area contributed by atoms with E-state index < -0.39 is 0 Å². The van der Waals surface area contributed by atoms with Gasteiger partial charge in [-0.25, -0.2) is 4.98 Å². The Labute approximate surface area is 157 Å². The van der Waals surface area contributed by atoms with E-state index in [1.807, 2.05) is 53.9 Å². The fourth-order valence-electron chi connectivity index (χ4n) is 2.07. The number of benzene rings is 2. The first kappa shape index (κ1) is 17.1. The molecular weight excluding hydrogens is 400 g/mol. The molecule has 0 radical (unpaired) electrons. The standard InChI is InChI=1S/C18H13BrN4OS/c1-24-15-7-5-14(6-8-15)22-23-16(10-20)18-21-17(11-25-18)12-3-2-4-13(19)9-12/h2-9,11,22H,1H3/b23-16+. The highest BCUT2D eigenvalue weighted by molar-refractivity contribution is 9.10. The van der Waals surface area contributed by atoms with Gasteiger partial charge in [-0.05, 0) is 36.4 Å². The van der Waals surface area contributed by atoms with Crippen LogP contribution in [0.25, 0.3) is 11.3 Å². The highest BCUT2D eigenvalue weighted by atomic mass is 79.9. The minimum Gasteiger partial charge on any atom is -0.497 e. The van der Waals surface area contributed by atoms with Crippen molar-refractivity contribution in [2.75, 3.05) is 12.5 Å². The number of halogens is 1. The summed E-state index contributed by atoms with van der Waals surface area (Å²) >= 11 is 4.83. The second-order valence-electron chi connectivity index (χ2n) is 4.96. The number of rotatable bonds is 5. The first-order chi connectivity index (χ1) is 12.2. The molecule has 1 aromatic heterocycles. The summed E-state index contributed by atoms with van der Waals surface area (Å²) in [6.07, 6.45) is 0. The summed E-state index contributed by atoms with van der Waals surface area (Å²) in [7, 11) is 1.61. The van der Waals surface area contributed by atoms with Gasteiger partial charge in [0.15, 0.2) is 10.7 Å². The summed E-state index contributed by atoms with van der Waals surface area (Å²) in [5.41, 5.74) is 5.67. The predicted octanol–water partition coefficient (Wildman–Crippen LogP) is 4.92. The third-order valence-electron chi connectivity index (χ3n) is 3.32. The number of anilines is 1. The predicted molar refractivity (Wildman–Crippen MR) is 104 cm³/mol. The molecule has 0 aliphatic carbocycles. The Morgan fingerprint density at radius 3 is 2.76 bits per heavy atom. The highest BCUT2D eigenvalue weighted by Gasteiger charge is 2.10. The van der Waals surface area contributed by atoms with Gasteiger partial charge in [0.1, 0.15) is 11.8 Å². The van der Waals surface area contributed by atoms with Crippen molar-refractivity contribution in [3.8, 4) is 23.1 Å². The quantitative estimate of drug-likeness (QED) is 0.476. The molecule has 25 heavy (non-hydrogen) atoms. The summed E-state index contributed by atoms with van der Waals surface area (Å²) in [5.74, 6) is 0.758. The lowest BCUT2D eigenvalue weighted by atomic mass is 10.2. The Balaban J connectivity index is 1.80. The van der Waals surface area contributed by atoms with Crippen LogP contribution in [-0.2, 0) is 0 Å². The maximum atomic E-state index is 9.38. The molecule has 0 saturated heterocycles. The van der Waals surface area contributed by atoms with Crippen LogP contribution in [0.4, 0.5) is 5.69 Å². The number of ether oxygens (including phenoxy) is 1. The smallest absolute Gasteiger partial charge is 0.196 e. The second-order valence-corrected chi connectivity index (χ2v) is 6.73. The monoisotopic (exact) mass is 412 g/mol. The summed E-state index contributed by atoms with van der Waals surface area (Å²) in [6.45, 7) is 0. The lowest BCUT2D eigenvalue weighted by Crippen LogP contribution is -2.01. The van der Waals surface area contributed by atoms with E-state index in [1.54, 1.807) is 7.11 Å². The van der Waals surface area contributed by atoms with Crippen molar-refractivity contribution in [1.29, 1.82) is 5.26 Å². The Morgan fingerprint density at radius 2 is 2.08 bits per heavy atom. The van der Waals surface area contributed by atoms with Gasteiger partial charge < -0.3 is 4.74 Å². The van der Waals surface area contributed by atoms with Crippen molar-refractivity contribution in [2.24, 2.45) is 5.10 Å². The number of nitriles is 1. The third kappa shape index (κ3) is 4.24. The zero-order chi connectivity index (χ0) is 17.6. The van der Waals surface area contributed by atoms with E-state index in [4.69, 9.17) is 4.74 Å². The SMILES string of the molecule is COc1ccc(N/N=C(\C#N)c2nc(-c3cccc(Br)c3)cs2)cc1. The molecular formula is C18H13BrN4OS. The van der Waals surface area contributed by atoms with Crippen molar-refractivity contribution in [2.45, 2.75) is 0 Å². The van der Waals surface area contributed by atoms with Gasteiger partial charge >= 0.3 is 0 Å². The van der Waals surface area contributed by atoms with E-state index in [0.717, 1.165) is 27.2 Å². The van der Waals surface area contributed by atoms with Crippen LogP contribution in [0.3, 0.4) is 0 Å². The van der Waals surface area contributed by atoms with Crippen molar-refractivity contribution < 1.29 is 4.74 Å². The van der Waals surface area contributed by atoms with Crippen LogP contribution in [0.15, 0.2) is 63.5 Å². The average Bonchev–Trinajstić information content (AvgIpc) is 3.13. The molecule has 2 aromatic carbocycles. The first-order valence-corrected chi connectivity index (χ1v) is 8.96. The minimum atomic E-state index is 0.238. The molecule has 0 bridgehead atoms. The van der Waals surface area contributed by atoms with Crippen LogP contribution in [0.1, 0.15) is 5.01 Å². The van der Waals surface area contributed by atoms with E-state index in [9.17, 15) is 5.26 Å². The molecule has 0 atom stereocenters. The molecule has 1 heterocycles. The molecule has 124 valence electrons. The molecule has 3 aromatic rings. The second kappa shape index (κ2) is 7.92. The lowest BCUT2D eigenvalue weighted by Gasteiger charge is -2.02. The van der Waals surface area contributed by atoms with Crippen molar-refractivity contribution in [3.63, 3.8) is 0 Å². The van der Waals surface area contributed by atoms with Crippen LogP contribution >= 0.6 is 27.3 Å². The van der Waals surface area contributed by atoms with Gasteiger partial charge in [-0.1, -0.05) is 28.1 Å². The van der Waals surface area contributed by atoms with Gasteiger partial charge in [-0.3, -0.25) is 5.43 Å². The number of nitrogens with zero attached hydrogens (tertiary/aromatic N) is 3. The van der Waals surface area contributed by atoms with Gasteiger partial charge in [0.25, 0.3) is 0 Å². The van der Waals surface area contributed by atoms with Crippen LogP contribution in [0, 0.1) is 11.3 Å². The Kier molecular flexibility index (Phi) is 5.43. The maximum absolute atomic E-state index is 9.38. The van der Waals surface area contributed by atoms with Gasteiger partial charge in [-0.15, -0.1) is 11.3 Å². The molecule has 1 N–H and O–H groups in total. The Morgan fingerprint density at radius 1 is 1.28 bits per heavy atom. The third-order valence-corrected chi connectivity index (χ3v) is 4.66. The zero-order valence-corrected chi connectivity index (χ0v) is 15.6. The highest BCUT2D eigenvalue weighted by Crippen LogP contribution is 2.25. The van der Waals surface area contributed by atoms with Gasteiger partial charge in [0.2, 0.25) is 0 Å². The largest absolute Gasteiger partial charge is 0.497 e. The van der Waals surface area contributed by atoms with Gasteiger partial charge in [0.05, 0.1) is 18.5 Å². The molecule has 0 fully saturated rings. The maximum Gasteiger partial charge on any atom is 0.196 e. The minimum absolute atomic E-state index is 0.238. The summed E-state index contributed by atoms with van der Waals surface area (Å²) in [4.78, 5) is 4.52. The number of methoxy groups -OCH3 is 1. The zero-order valence-electron chi connectivity index (χ0n) is 13.2. The Bertz CT molecular complexity index is 944. The number of thiazole rings is 1. The van der Waals surface area contributed by atoms with E-state index in [2.05, 4.69) is 37.5 Å². The van der Waals surface area contributed by atoms with Crippen LogP contribution in [0.2, 0.25) is 0 Å². The van der Waals surface area contributed by atoms with E-state index >= 15 is 0 Å². The molecule has 0 amide bonds. The molecule has 0 aliphatic rings.